The minimum Gasteiger partial charge on any atom is -0.295 e. The predicted octanol–water partition coefficient (Wildman–Crippen LogP) is -0.678. The number of amides is 2. The zero-order valence-corrected chi connectivity index (χ0v) is 12.9. The first-order valence-electron chi connectivity index (χ1n) is 7.33. The van der Waals surface area contributed by atoms with E-state index in [1.807, 2.05) is 24.3 Å². The average molecular weight is 301 g/mol. The summed E-state index contributed by atoms with van der Waals surface area (Å²) in [7, 11) is 1.70. The number of imide groups is 1. The van der Waals surface area contributed by atoms with Crippen LogP contribution < -0.4 is 21.7 Å². The van der Waals surface area contributed by atoms with Crippen molar-refractivity contribution in [3.05, 3.63) is 33.3 Å². The molecule has 22 heavy (non-hydrogen) atoms. The molecule has 1 saturated heterocycles. The number of piperidine rings is 1. The summed E-state index contributed by atoms with van der Waals surface area (Å²) >= 11 is 0. The van der Waals surface area contributed by atoms with Gasteiger partial charge in [0.15, 0.2) is 0 Å². The fourth-order valence-electron chi connectivity index (χ4n) is 3.02. The molecule has 0 spiro atoms. The third-order valence-corrected chi connectivity index (χ3v) is 4.19. The van der Waals surface area contributed by atoms with Crippen molar-refractivity contribution < 1.29 is 9.59 Å². The Morgan fingerprint density at radius 2 is 1.95 bits per heavy atom. The minimum atomic E-state index is -0.639. The van der Waals surface area contributed by atoms with E-state index in [1.165, 1.54) is 4.57 Å². The van der Waals surface area contributed by atoms with Gasteiger partial charge in [-0.25, -0.2) is 4.79 Å². The van der Waals surface area contributed by atoms with Gasteiger partial charge in [0.2, 0.25) is 11.8 Å². The van der Waals surface area contributed by atoms with Crippen molar-refractivity contribution in [3.8, 4) is 0 Å². The maximum atomic E-state index is 12.6. The summed E-state index contributed by atoms with van der Waals surface area (Å²) in [5.74, 6) is -0.694. The van der Waals surface area contributed by atoms with E-state index >= 15 is 0 Å². The van der Waals surface area contributed by atoms with Gasteiger partial charge in [0.05, 0.1) is 10.7 Å². The molecule has 1 atom stereocenters. The number of hydrogen-bond donors (Lipinski definition) is 1. The molecule has 6 nitrogen and oxygen atoms in total. The molecule has 0 saturated carbocycles. The molecule has 1 aliphatic heterocycles. The molecule has 1 aromatic rings. The van der Waals surface area contributed by atoms with Crippen molar-refractivity contribution in [1.29, 1.82) is 0 Å². The van der Waals surface area contributed by atoms with Gasteiger partial charge in [0, 0.05) is 18.9 Å². The highest BCUT2D eigenvalue weighted by Crippen LogP contribution is 2.20. The molecule has 6 heteroatoms. The first-order valence-corrected chi connectivity index (χ1v) is 7.33. The van der Waals surface area contributed by atoms with Crippen molar-refractivity contribution in [2.24, 2.45) is 12.5 Å². The maximum Gasteiger partial charge on any atom is 0.329 e. The van der Waals surface area contributed by atoms with Gasteiger partial charge in [0.25, 0.3) is 0 Å². The van der Waals surface area contributed by atoms with Gasteiger partial charge in [-0.05, 0) is 18.6 Å². The second-order valence-corrected chi connectivity index (χ2v) is 6.44. The van der Waals surface area contributed by atoms with Crippen LogP contribution in [0.5, 0.6) is 0 Å². The summed E-state index contributed by atoms with van der Waals surface area (Å²) in [4.78, 5) is 36.0. The van der Waals surface area contributed by atoms with Crippen LogP contribution >= 0.6 is 0 Å². The summed E-state index contributed by atoms with van der Waals surface area (Å²) in [5, 5.41) is 3.82. The van der Waals surface area contributed by atoms with Crippen molar-refractivity contribution in [1.82, 2.24) is 14.5 Å². The maximum absolute atomic E-state index is 12.6. The van der Waals surface area contributed by atoms with Crippen LogP contribution in [-0.2, 0) is 16.6 Å². The smallest absolute Gasteiger partial charge is 0.295 e. The molecule has 3 rings (SSSR count). The van der Waals surface area contributed by atoms with E-state index in [2.05, 4.69) is 19.2 Å². The highest BCUT2D eigenvalue weighted by Gasteiger charge is 2.31. The molecule has 1 aliphatic carbocycles. The number of aromatic nitrogens is 2. The molecule has 1 fully saturated rings. The summed E-state index contributed by atoms with van der Waals surface area (Å²) in [6.45, 7) is 4.11. The highest BCUT2D eigenvalue weighted by atomic mass is 16.2. The number of fused-ring (bicyclic) bond motifs is 1. The fourth-order valence-corrected chi connectivity index (χ4v) is 3.02. The monoisotopic (exact) mass is 301 g/mol. The Bertz CT molecular complexity index is 868. The molecule has 0 bridgehead atoms. The molecule has 0 aromatic carbocycles. The second kappa shape index (κ2) is 4.83. The van der Waals surface area contributed by atoms with Gasteiger partial charge in [-0.1, -0.05) is 26.0 Å². The standard InChI is InChI=1S/C16H19N3O3/c1-16(2)8-4-5-10-12(9-16)18(3)15(22)19(10)11-6-7-13(20)17-14(11)21/h4-5,8-9,11H,6-7H2,1-3H3,(H,17,20,21). The first-order chi connectivity index (χ1) is 10.3. The SMILES string of the molecule is Cn1c2c(n(C3CCC(=O)NC3=O)c1=O)=CC=CC(C)(C)C=2. The normalized spacial score (nSPS) is 23.1. The van der Waals surface area contributed by atoms with E-state index in [0.717, 1.165) is 5.35 Å². The van der Waals surface area contributed by atoms with Crippen LogP contribution in [0.25, 0.3) is 12.2 Å². The van der Waals surface area contributed by atoms with Crippen LogP contribution in [0, 0.1) is 5.41 Å². The van der Waals surface area contributed by atoms with Crippen LogP contribution in [0.2, 0.25) is 0 Å². The fraction of sp³-hybridized carbons (Fsp3) is 0.438. The number of carbonyl (C=O) groups is 2. The topological polar surface area (TPSA) is 73.1 Å². The number of imidazole rings is 1. The molecule has 1 aromatic heterocycles. The van der Waals surface area contributed by atoms with Crippen LogP contribution in [0.1, 0.15) is 32.7 Å². The number of nitrogens with one attached hydrogen (secondary N) is 1. The van der Waals surface area contributed by atoms with E-state index in [4.69, 9.17) is 0 Å². The van der Waals surface area contributed by atoms with Crippen LogP contribution in [0.3, 0.4) is 0 Å². The van der Waals surface area contributed by atoms with E-state index in [-0.39, 0.29) is 23.4 Å². The Balaban J connectivity index is 2.26. The van der Waals surface area contributed by atoms with Gasteiger partial charge < -0.3 is 0 Å². The molecular formula is C16H19N3O3. The zero-order valence-electron chi connectivity index (χ0n) is 12.9. The van der Waals surface area contributed by atoms with Crippen LogP contribution in [-0.4, -0.2) is 20.9 Å². The Labute approximate surface area is 127 Å². The number of allylic oxidation sites excluding steroid dienone is 2. The summed E-state index contributed by atoms with van der Waals surface area (Å²) in [6, 6.07) is -0.639. The number of nitrogens with zero attached hydrogens (tertiary/aromatic N) is 2. The average Bonchev–Trinajstić information content (AvgIpc) is 2.58. The lowest BCUT2D eigenvalue weighted by molar-refractivity contribution is -0.135. The predicted molar refractivity (Wildman–Crippen MR) is 82.2 cm³/mol. The molecule has 2 aliphatic rings. The summed E-state index contributed by atoms with van der Waals surface area (Å²) < 4.78 is 3.06. The Morgan fingerprint density at radius 3 is 2.64 bits per heavy atom. The van der Waals surface area contributed by atoms with E-state index in [9.17, 15) is 14.4 Å². The molecule has 2 heterocycles. The van der Waals surface area contributed by atoms with Crippen molar-refractivity contribution in [3.63, 3.8) is 0 Å². The van der Waals surface area contributed by atoms with E-state index in [1.54, 1.807) is 11.6 Å². The first kappa shape index (κ1) is 14.6. The Kier molecular flexibility index (Phi) is 3.20. The van der Waals surface area contributed by atoms with Crippen molar-refractivity contribution in [2.45, 2.75) is 32.7 Å². The van der Waals surface area contributed by atoms with Crippen molar-refractivity contribution in [2.75, 3.05) is 0 Å². The largest absolute Gasteiger partial charge is 0.329 e. The zero-order chi connectivity index (χ0) is 16.1. The third-order valence-electron chi connectivity index (χ3n) is 4.19. The van der Waals surface area contributed by atoms with E-state index in [0.29, 0.717) is 11.8 Å². The van der Waals surface area contributed by atoms with Gasteiger partial charge in [-0.3, -0.25) is 24.0 Å². The van der Waals surface area contributed by atoms with Gasteiger partial charge in [-0.2, -0.15) is 0 Å². The lowest BCUT2D eigenvalue weighted by Gasteiger charge is -2.21. The van der Waals surface area contributed by atoms with E-state index < -0.39 is 11.9 Å². The minimum absolute atomic E-state index is 0.178. The number of carbonyl (C=O) groups excluding carboxylic acids is 2. The third kappa shape index (κ3) is 2.24. The Morgan fingerprint density at radius 1 is 1.23 bits per heavy atom. The van der Waals surface area contributed by atoms with Gasteiger partial charge >= 0.3 is 5.69 Å². The van der Waals surface area contributed by atoms with Crippen LogP contribution in [0.4, 0.5) is 0 Å². The quantitative estimate of drug-likeness (QED) is 0.699. The molecular weight excluding hydrogens is 282 g/mol. The summed E-state index contributed by atoms with van der Waals surface area (Å²) in [6.07, 6.45) is 8.42. The second-order valence-electron chi connectivity index (χ2n) is 6.44. The van der Waals surface area contributed by atoms with Crippen LogP contribution in [0.15, 0.2) is 16.9 Å². The highest BCUT2D eigenvalue weighted by molar-refractivity contribution is 5.99. The number of hydrogen-bond acceptors (Lipinski definition) is 3. The van der Waals surface area contributed by atoms with Gasteiger partial charge in [0.1, 0.15) is 6.04 Å². The Hall–Kier alpha value is -2.37. The lowest BCUT2D eigenvalue weighted by atomic mass is 9.93. The lowest BCUT2D eigenvalue weighted by Crippen LogP contribution is -2.47. The van der Waals surface area contributed by atoms with Crippen molar-refractivity contribution >= 4 is 24.0 Å². The molecule has 0 radical (unpaired) electrons. The van der Waals surface area contributed by atoms with Gasteiger partial charge in [-0.15, -0.1) is 0 Å². The molecule has 2 amide bonds. The molecule has 1 unspecified atom stereocenters. The molecule has 116 valence electrons. The summed E-state index contributed by atoms with van der Waals surface area (Å²) in [5.41, 5.74) is -0.416. The molecule has 1 N–H and O–H groups in total. The number of rotatable bonds is 1.